The number of amides is 1. The molecule has 18 heavy (non-hydrogen) atoms. The lowest BCUT2D eigenvalue weighted by Gasteiger charge is -2.10. The number of rotatable bonds is 4. The van der Waals surface area contributed by atoms with Crippen LogP contribution in [0.5, 0.6) is 0 Å². The summed E-state index contributed by atoms with van der Waals surface area (Å²) in [5.74, 6) is 0.744. The number of carbonyl (C=O) groups excluding carboxylic acids is 1. The van der Waals surface area contributed by atoms with E-state index in [1.807, 2.05) is 25.1 Å². The van der Waals surface area contributed by atoms with Crippen molar-refractivity contribution in [2.75, 3.05) is 19.6 Å². The second kappa shape index (κ2) is 6.34. The third kappa shape index (κ3) is 3.56. The molecule has 1 aliphatic heterocycles. The van der Waals surface area contributed by atoms with E-state index in [1.165, 1.54) is 6.42 Å². The molecular formula is C14H19BrN2O. The first kappa shape index (κ1) is 13.6. The van der Waals surface area contributed by atoms with Gasteiger partial charge in [0, 0.05) is 16.6 Å². The fourth-order valence-corrected chi connectivity index (χ4v) is 2.49. The van der Waals surface area contributed by atoms with Gasteiger partial charge >= 0.3 is 0 Å². The average Bonchev–Trinajstić information content (AvgIpc) is 2.85. The first-order valence-electron chi connectivity index (χ1n) is 6.42. The van der Waals surface area contributed by atoms with Crippen molar-refractivity contribution in [3.05, 3.63) is 33.8 Å². The molecule has 0 spiro atoms. The van der Waals surface area contributed by atoms with E-state index in [1.54, 1.807) is 0 Å². The van der Waals surface area contributed by atoms with Crippen LogP contribution in [0.4, 0.5) is 0 Å². The second-order valence-corrected chi connectivity index (χ2v) is 5.72. The van der Waals surface area contributed by atoms with E-state index in [-0.39, 0.29) is 5.91 Å². The molecule has 1 saturated heterocycles. The minimum atomic E-state index is 0.0246. The van der Waals surface area contributed by atoms with E-state index in [0.29, 0.717) is 0 Å². The van der Waals surface area contributed by atoms with Crippen LogP contribution < -0.4 is 10.6 Å². The topological polar surface area (TPSA) is 41.1 Å². The number of hydrogen-bond donors (Lipinski definition) is 2. The molecule has 3 nitrogen and oxygen atoms in total. The summed E-state index contributed by atoms with van der Waals surface area (Å²) >= 11 is 3.44. The molecule has 1 unspecified atom stereocenters. The first-order chi connectivity index (χ1) is 8.66. The smallest absolute Gasteiger partial charge is 0.251 e. The molecule has 1 atom stereocenters. The lowest BCUT2D eigenvalue weighted by Crippen LogP contribution is -2.26. The highest BCUT2D eigenvalue weighted by molar-refractivity contribution is 9.10. The number of hydrogen-bond acceptors (Lipinski definition) is 2. The van der Waals surface area contributed by atoms with E-state index in [4.69, 9.17) is 0 Å². The summed E-state index contributed by atoms with van der Waals surface area (Å²) in [4.78, 5) is 11.9. The minimum absolute atomic E-state index is 0.0246. The zero-order chi connectivity index (χ0) is 13.0. The Morgan fingerprint density at radius 3 is 3.06 bits per heavy atom. The lowest BCUT2D eigenvalue weighted by molar-refractivity contribution is 0.0951. The van der Waals surface area contributed by atoms with Gasteiger partial charge in [-0.3, -0.25) is 4.79 Å². The van der Waals surface area contributed by atoms with Gasteiger partial charge in [0.05, 0.1) is 0 Å². The molecular weight excluding hydrogens is 292 g/mol. The molecule has 1 amide bonds. The number of carbonyl (C=O) groups is 1. The molecule has 4 heteroatoms. The summed E-state index contributed by atoms with van der Waals surface area (Å²) in [6, 6.07) is 5.69. The quantitative estimate of drug-likeness (QED) is 0.897. The zero-order valence-electron chi connectivity index (χ0n) is 10.6. The number of nitrogens with one attached hydrogen (secondary N) is 2. The van der Waals surface area contributed by atoms with Gasteiger partial charge in [-0.25, -0.2) is 0 Å². The highest BCUT2D eigenvalue weighted by Crippen LogP contribution is 2.17. The van der Waals surface area contributed by atoms with Crippen LogP contribution in [0.1, 0.15) is 28.8 Å². The van der Waals surface area contributed by atoms with Crippen molar-refractivity contribution in [3.63, 3.8) is 0 Å². The monoisotopic (exact) mass is 310 g/mol. The molecule has 1 fully saturated rings. The Hall–Kier alpha value is -0.870. The molecule has 0 bridgehead atoms. The van der Waals surface area contributed by atoms with Gasteiger partial charge in [0.25, 0.3) is 5.91 Å². The van der Waals surface area contributed by atoms with E-state index < -0.39 is 0 Å². The van der Waals surface area contributed by atoms with Crippen LogP contribution in [0, 0.1) is 12.8 Å². The summed E-state index contributed by atoms with van der Waals surface area (Å²) in [6.45, 7) is 4.96. The summed E-state index contributed by atoms with van der Waals surface area (Å²) in [5, 5.41) is 6.33. The van der Waals surface area contributed by atoms with Crippen molar-refractivity contribution in [3.8, 4) is 0 Å². The molecule has 0 aromatic heterocycles. The Kier molecular flexibility index (Phi) is 4.78. The average molecular weight is 311 g/mol. The maximum absolute atomic E-state index is 11.9. The van der Waals surface area contributed by atoms with Crippen LogP contribution >= 0.6 is 15.9 Å². The predicted octanol–water partition coefficient (Wildman–Crippen LogP) is 2.49. The molecule has 1 aromatic carbocycles. The Bertz CT molecular complexity index is 428. The van der Waals surface area contributed by atoms with Crippen molar-refractivity contribution in [1.29, 1.82) is 0 Å². The van der Waals surface area contributed by atoms with Gasteiger partial charge < -0.3 is 10.6 Å². The van der Waals surface area contributed by atoms with Gasteiger partial charge in [0.1, 0.15) is 0 Å². The van der Waals surface area contributed by atoms with Crippen molar-refractivity contribution in [2.45, 2.75) is 19.8 Å². The van der Waals surface area contributed by atoms with Crippen LogP contribution in [0.2, 0.25) is 0 Å². The fourth-order valence-electron chi connectivity index (χ4n) is 2.24. The summed E-state index contributed by atoms with van der Waals surface area (Å²) in [7, 11) is 0. The molecule has 2 N–H and O–H groups in total. The van der Waals surface area contributed by atoms with E-state index >= 15 is 0 Å². The van der Waals surface area contributed by atoms with Gasteiger partial charge in [0.15, 0.2) is 0 Å². The van der Waals surface area contributed by atoms with Crippen LogP contribution in [0.25, 0.3) is 0 Å². The maximum atomic E-state index is 11.9. The summed E-state index contributed by atoms with van der Waals surface area (Å²) in [6.07, 6.45) is 2.29. The van der Waals surface area contributed by atoms with E-state index in [0.717, 1.165) is 47.6 Å². The minimum Gasteiger partial charge on any atom is -0.352 e. The normalized spacial score (nSPS) is 18.9. The number of benzene rings is 1. The van der Waals surface area contributed by atoms with Crippen molar-refractivity contribution in [1.82, 2.24) is 10.6 Å². The molecule has 0 aliphatic carbocycles. The van der Waals surface area contributed by atoms with Crippen molar-refractivity contribution < 1.29 is 4.79 Å². The Morgan fingerprint density at radius 2 is 2.39 bits per heavy atom. The third-order valence-corrected chi connectivity index (χ3v) is 4.31. The van der Waals surface area contributed by atoms with Crippen LogP contribution in [-0.4, -0.2) is 25.5 Å². The first-order valence-corrected chi connectivity index (χ1v) is 7.21. The van der Waals surface area contributed by atoms with Gasteiger partial charge in [-0.2, -0.15) is 0 Å². The molecule has 1 aromatic rings. The van der Waals surface area contributed by atoms with Crippen LogP contribution in [0.15, 0.2) is 22.7 Å². The zero-order valence-corrected chi connectivity index (χ0v) is 12.2. The molecule has 98 valence electrons. The number of aryl methyl sites for hydroxylation is 1. The Labute approximate surface area is 116 Å². The van der Waals surface area contributed by atoms with Gasteiger partial charge in [-0.05, 0) is 62.5 Å². The molecule has 0 radical (unpaired) electrons. The Morgan fingerprint density at radius 1 is 1.56 bits per heavy atom. The lowest BCUT2D eigenvalue weighted by atomic mass is 10.1. The SMILES string of the molecule is Cc1cc(C(=O)NCCC2CCNC2)ccc1Br. The fraction of sp³-hybridized carbons (Fsp3) is 0.500. The summed E-state index contributed by atoms with van der Waals surface area (Å²) in [5.41, 5.74) is 1.82. The standard InChI is InChI=1S/C14H19BrN2O/c1-10-8-12(2-3-13(10)15)14(18)17-7-5-11-4-6-16-9-11/h2-3,8,11,16H,4-7,9H2,1H3,(H,17,18). The van der Waals surface area contributed by atoms with E-state index in [9.17, 15) is 4.79 Å². The number of halogens is 1. The molecule has 1 aliphatic rings. The summed E-state index contributed by atoms with van der Waals surface area (Å²) < 4.78 is 1.04. The third-order valence-electron chi connectivity index (χ3n) is 3.42. The second-order valence-electron chi connectivity index (χ2n) is 4.87. The van der Waals surface area contributed by atoms with Crippen LogP contribution in [-0.2, 0) is 0 Å². The highest BCUT2D eigenvalue weighted by atomic mass is 79.9. The Balaban J connectivity index is 1.81. The van der Waals surface area contributed by atoms with Gasteiger partial charge in [0.2, 0.25) is 0 Å². The maximum Gasteiger partial charge on any atom is 0.251 e. The largest absolute Gasteiger partial charge is 0.352 e. The predicted molar refractivity (Wildman–Crippen MR) is 76.8 cm³/mol. The highest BCUT2D eigenvalue weighted by Gasteiger charge is 2.14. The van der Waals surface area contributed by atoms with Crippen LogP contribution in [0.3, 0.4) is 0 Å². The van der Waals surface area contributed by atoms with Gasteiger partial charge in [-0.1, -0.05) is 15.9 Å². The van der Waals surface area contributed by atoms with E-state index in [2.05, 4.69) is 26.6 Å². The van der Waals surface area contributed by atoms with Gasteiger partial charge in [-0.15, -0.1) is 0 Å². The van der Waals surface area contributed by atoms with Crippen molar-refractivity contribution >= 4 is 21.8 Å². The molecule has 2 rings (SSSR count). The molecule has 0 saturated carbocycles. The van der Waals surface area contributed by atoms with Crippen molar-refractivity contribution in [2.24, 2.45) is 5.92 Å². The molecule has 1 heterocycles.